The fourth-order valence-electron chi connectivity index (χ4n) is 1.53. The van der Waals surface area contributed by atoms with Crippen molar-refractivity contribution in [2.75, 3.05) is 5.73 Å². The molecule has 0 aromatic heterocycles. The monoisotopic (exact) mass is 305 g/mol. The summed E-state index contributed by atoms with van der Waals surface area (Å²) in [5, 5.41) is 0. The van der Waals surface area contributed by atoms with Gasteiger partial charge in [0.15, 0.2) is 0 Å². The zero-order valence-corrected chi connectivity index (χ0v) is 10.7. The van der Waals surface area contributed by atoms with Gasteiger partial charge in [0.05, 0.1) is 10.5 Å². The molecule has 0 saturated carbocycles. The highest BCUT2D eigenvalue weighted by Gasteiger charge is 2.33. The van der Waals surface area contributed by atoms with E-state index < -0.39 is 29.1 Å². The van der Waals surface area contributed by atoms with Crippen LogP contribution in [0.15, 0.2) is 46.2 Å². The van der Waals surface area contributed by atoms with Gasteiger partial charge >= 0.3 is 6.18 Å². The molecule has 0 saturated heterocycles. The predicted molar refractivity (Wildman–Crippen MR) is 66.3 cm³/mol. The van der Waals surface area contributed by atoms with E-state index in [0.717, 1.165) is 30.3 Å². The zero-order valence-electron chi connectivity index (χ0n) is 9.84. The Bertz CT molecular complexity index is 639. The Morgan fingerprint density at radius 3 is 2.30 bits per heavy atom. The lowest BCUT2D eigenvalue weighted by Gasteiger charge is -2.11. The van der Waals surface area contributed by atoms with Crippen LogP contribution in [0.3, 0.4) is 0 Å². The maximum absolute atomic E-state index is 13.4. The van der Waals surface area contributed by atoms with E-state index in [1.807, 2.05) is 0 Å². The van der Waals surface area contributed by atoms with Crippen LogP contribution < -0.4 is 5.73 Å². The van der Waals surface area contributed by atoms with Crippen LogP contribution in [0.4, 0.5) is 27.6 Å². The summed E-state index contributed by atoms with van der Waals surface area (Å²) in [6.07, 6.45) is -4.60. The summed E-state index contributed by atoms with van der Waals surface area (Å²) < 4.78 is 64.5. The van der Waals surface area contributed by atoms with Crippen molar-refractivity contribution in [2.45, 2.75) is 16.0 Å². The van der Waals surface area contributed by atoms with E-state index in [2.05, 4.69) is 0 Å². The van der Waals surface area contributed by atoms with Crippen LogP contribution in [0.1, 0.15) is 5.56 Å². The first-order valence-corrected chi connectivity index (χ1v) is 6.18. The summed E-state index contributed by atoms with van der Waals surface area (Å²) >= 11 is 0.697. The van der Waals surface area contributed by atoms with E-state index in [-0.39, 0.29) is 9.79 Å². The van der Waals surface area contributed by atoms with E-state index in [1.54, 1.807) is 0 Å². The molecule has 0 aliphatic rings. The average molecular weight is 305 g/mol. The molecule has 1 nitrogen and oxygen atoms in total. The van der Waals surface area contributed by atoms with Crippen molar-refractivity contribution in [1.82, 2.24) is 0 Å². The molecule has 0 heterocycles. The van der Waals surface area contributed by atoms with Gasteiger partial charge in [0.2, 0.25) is 0 Å². The Hall–Kier alpha value is -1.76. The fourth-order valence-corrected chi connectivity index (χ4v) is 2.43. The molecule has 0 radical (unpaired) electrons. The maximum atomic E-state index is 13.4. The molecule has 0 fully saturated rings. The van der Waals surface area contributed by atoms with Crippen molar-refractivity contribution < 1.29 is 22.0 Å². The summed E-state index contributed by atoms with van der Waals surface area (Å²) in [7, 11) is 0. The number of benzene rings is 2. The van der Waals surface area contributed by atoms with Crippen LogP contribution in [0, 0.1) is 11.6 Å². The molecule has 7 heteroatoms. The molecular formula is C13H8F5NS. The minimum atomic E-state index is -4.60. The largest absolute Gasteiger partial charge is 0.418 e. The molecule has 20 heavy (non-hydrogen) atoms. The Morgan fingerprint density at radius 2 is 1.65 bits per heavy atom. The second-order valence-corrected chi connectivity index (χ2v) is 5.04. The lowest BCUT2D eigenvalue weighted by molar-refractivity contribution is -0.137. The van der Waals surface area contributed by atoms with Gasteiger partial charge in [-0.05, 0) is 36.4 Å². The first-order valence-electron chi connectivity index (χ1n) is 5.37. The van der Waals surface area contributed by atoms with E-state index in [9.17, 15) is 22.0 Å². The molecule has 0 unspecified atom stereocenters. The van der Waals surface area contributed by atoms with E-state index >= 15 is 0 Å². The summed E-state index contributed by atoms with van der Waals surface area (Å²) in [5.41, 5.74) is 3.84. The molecular weight excluding hydrogens is 297 g/mol. The van der Waals surface area contributed by atoms with Crippen molar-refractivity contribution in [2.24, 2.45) is 0 Å². The number of anilines is 1. The summed E-state index contributed by atoms with van der Waals surface area (Å²) in [6, 6.07) is 5.99. The van der Waals surface area contributed by atoms with Gasteiger partial charge in [0, 0.05) is 10.6 Å². The minimum Gasteiger partial charge on any atom is -0.398 e. The van der Waals surface area contributed by atoms with Crippen LogP contribution in [-0.2, 0) is 6.18 Å². The van der Waals surface area contributed by atoms with Crippen molar-refractivity contribution >= 4 is 17.4 Å². The topological polar surface area (TPSA) is 26.0 Å². The molecule has 0 amide bonds. The highest BCUT2D eigenvalue weighted by molar-refractivity contribution is 7.99. The van der Waals surface area contributed by atoms with Gasteiger partial charge in [-0.1, -0.05) is 11.8 Å². The molecule has 0 atom stereocenters. The average Bonchev–Trinajstić information content (AvgIpc) is 2.35. The van der Waals surface area contributed by atoms with Crippen molar-refractivity contribution in [1.29, 1.82) is 0 Å². The van der Waals surface area contributed by atoms with Gasteiger partial charge in [-0.15, -0.1) is 0 Å². The fraction of sp³-hybridized carbons (Fsp3) is 0.0769. The summed E-state index contributed by atoms with van der Waals surface area (Å²) in [6.45, 7) is 0. The molecule has 2 aromatic rings. The Kier molecular flexibility index (Phi) is 3.89. The number of nitrogen functional groups attached to an aromatic ring is 1. The number of hydrogen-bond acceptors (Lipinski definition) is 2. The lowest BCUT2D eigenvalue weighted by Crippen LogP contribution is -2.08. The zero-order chi connectivity index (χ0) is 14.9. The molecule has 2 aromatic carbocycles. The number of rotatable bonds is 2. The van der Waals surface area contributed by atoms with E-state index in [1.165, 1.54) is 6.07 Å². The smallest absolute Gasteiger partial charge is 0.398 e. The third-order valence-corrected chi connectivity index (χ3v) is 3.47. The molecule has 0 bridgehead atoms. The molecule has 2 rings (SSSR count). The second kappa shape index (κ2) is 5.32. The standard InChI is InChI=1S/C13H8F5NS/c14-7-1-3-10(15)12(5-7)20-8-2-4-11(19)9(6-8)13(16,17)18/h1-6H,19H2. The molecule has 0 aliphatic heterocycles. The third kappa shape index (κ3) is 3.22. The van der Waals surface area contributed by atoms with Crippen LogP contribution in [0.5, 0.6) is 0 Å². The Morgan fingerprint density at radius 1 is 0.950 bits per heavy atom. The Labute approximate surface area is 115 Å². The number of halogens is 5. The summed E-state index contributed by atoms with van der Waals surface area (Å²) in [4.78, 5) is 0.0268. The maximum Gasteiger partial charge on any atom is 0.418 e. The van der Waals surface area contributed by atoms with Crippen LogP contribution in [-0.4, -0.2) is 0 Å². The minimum absolute atomic E-state index is 0.0945. The quantitative estimate of drug-likeness (QED) is 0.642. The highest BCUT2D eigenvalue weighted by atomic mass is 32.2. The van der Waals surface area contributed by atoms with Crippen LogP contribution >= 0.6 is 11.8 Å². The molecule has 106 valence electrons. The van der Waals surface area contributed by atoms with Gasteiger partial charge in [0.25, 0.3) is 0 Å². The van der Waals surface area contributed by atoms with Gasteiger partial charge in [-0.3, -0.25) is 0 Å². The molecule has 2 N–H and O–H groups in total. The summed E-state index contributed by atoms with van der Waals surface area (Å²) in [5.74, 6) is -1.37. The van der Waals surface area contributed by atoms with E-state index in [4.69, 9.17) is 5.73 Å². The first kappa shape index (κ1) is 14.6. The highest BCUT2D eigenvalue weighted by Crippen LogP contribution is 2.38. The van der Waals surface area contributed by atoms with Gasteiger partial charge in [0.1, 0.15) is 11.6 Å². The first-order chi connectivity index (χ1) is 9.27. The van der Waals surface area contributed by atoms with Crippen molar-refractivity contribution in [3.05, 3.63) is 53.6 Å². The van der Waals surface area contributed by atoms with Crippen molar-refractivity contribution in [3.63, 3.8) is 0 Å². The van der Waals surface area contributed by atoms with Gasteiger partial charge in [-0.25, -0.2) is 8.78 Å². The van der Waals surface area contributed by atoms with Crippen molar-refractivity contribution in [3.8, 4) is 0 Å². The number of hydrogen-bond donors (Lipinski definition) is 1. The van der Waals surface area contributed by atoms with E-state index in [0.29, 0.717) is 11.8 Å². The number of nitrogens with two attached hydrogens (primary N) is 1. The normalized spacial score (nSPS) is 11.7. The Balaban J connectivity index is 2.37. The predicted octanol–water partition coefficient (Wildman–Crippen LogP) is 4.72. The second-order valence-electron chi connectivity index (χ2n) is 3.92. The van der Waals surface area contributed by atoms with Gasteiger partial charge < -0.3 is 5.73 Å². The van der Waals surface area contributed by atoms with Crippen LogP contribution in [0.2, 0.25) is 0 Å². The SMILES string of the molecule is Nc1ccc(Sc2cc(F)ccc2F)cc1C(F)(F)F. The molecule has 0 spiro atoms. The lowest BCUT2D eigenvalue weighted by atomic mass is 10.2. The molecule has 0 aliphatic carbocycles. The number of alkyl halides is 3. The third-order valence-electron chi connectivity index (χ3n) is 2.45. The van der Waals surface area contributed by atoms with Gasteiger partial charge in [-0.2, -0.15) is 13.2 Å². The van der Waals surface area contributed by atoms with Crippen LogP contribution in [0.25, 0.3) is 0 Å².